The maximum Gasteiger partial charge on any atom is 0.274 e. The second kappa shape index (κ2) is 11.5. The maximum absolute atomic E-state index is 13.0. The van der Waals surface area contributed by atoms with Gasteiger partial charge in [0.05, 0.1) is 38.1 Å². The molecule has 2 amide bonds. The summed E-state index contributed by atoms with van der Waals surface area (Å²) in [4.78, 5) is 36.9. The molecule has 1 aromatic heterocycles. The molecule has 0 bridgehead atoms. The summed E-state index contributed by atoms with van der Waals surface area (Å²) in [5.74, 6) is -0.656. The Morgan fingerprint density at radius 2 is 1.81 bits per heavy atom. The number of likely N-dealkylation sites (tertiary alicyclic amines) is 1. The molecule has 1 aliphatic rings. The molecule has 3 rings (SSSR count). The molecule has 7 nitrogen and oxygen atoms in total. The van der Waals surface area contributed by atoms with Crippen LogP contribution in [-0.2, 0) is 11.3 Å². The summed E-state index contributed by atoms with van der Waals surface area (Å²) in [6, 6.07) is 6.02. The summed E-state index contributed by atoms with van der Waals surface area (Å²) in [5.41, 5.74) is 1.87. The van der Waals surface area contributed by atoms with E-state index < -0.39 is 0 Å². The van der Waals surface area contributed by atoms with Crippen LogP contribution in [0.15, 0.2) is 36.7 Å². The van der Waals surface area contributed by atoms with Gasteiger partial charge in [0.25, 0.3) is 5.91 Å². The SMILES string of the molecule is Cc1cnc(C(=O)N(CCC(=O)NCc2ccc(F)cc2)CC[NH+]2CCCCC2)cn1. The number of carbonyl (C=O) groups excluding carboxylic acids is 2. The number of quaternary nitrogens is 1. The van der Waals surface area contributed by atoms with Crippen molar-refractivity contribution in [3.8, 4) is 0 Å². The number of rotatable bonds is 9. The quantitative estimate of drug-likeness (QED) is 0.628. The number of aryl methyl sites for hydroxylation is 1. The van der Waals surface area contributed by atoms with E-state index in [4.69, 9.17) is 0 Å². The zero-order chi connectivity index (χ0) is 22.1. The second-order valence-electron chi connectivity index (χ2n) is 8.05. The van der Waals surface area contributed by atoms with Crippen molar-refractivity contribution in [2.75, 3.05) is 32.7 Å². The summed E-state index contributed by atoms with van der Waals surface area (Å²) in [6.07, 6.45) is 6.99. The van der Waals surface area contributed by atoms with Crippen molar-refractivity contribution in [2.45, 2.75) is 39.2 Å². The van der Waals surface area contributed by atoms with E-state index in [-0.39, 0.29) is 24.1 Å². The van der Waals surface area contributed by atoms with Crippen LogP contribution >= 0.6 is 0 Å². The molecule has 31 heavy (non-hydrogen) atoms. The van der Waals surface area contributed by atoms with Gasteiger partial charge in [-0.15, -0.1) is 0 Å². The minimum absolute atomic E-state index is 0.151. The highest BCUT2D eigenvalue weighted by molar-refractivity contribution is 5.92. The van der Waals surface area contributed by atoms with Gasteiger partial charge in [-0.05, 0) is 43.9 Å². The third-order valence-corrected chi connectivity index (χ3v) is 5.59. The van der Waals surface area contributed by atoms with Gasteiger partial charge in [0.1, 0.15) is 11.5 Å². The summed E-state index contributed by atoms with van der Waals surface area (Å²) in [7, 11) is 0. The Bertz CT molecular complexity index is 851. The Hall–Kier alpha value is -2.87. The lowest BCUT2D eigenvalue weighted by Crippen LogP contribution is -3.13. The number of nitrogens with one attached hydrogen (secondary N) is 2. The van der Waals surface area contributed by atoms with Crippen molar-refractivity contribution in [2.24, 2.45) is 0 Å². The first-order chi connectivity index (χ1) is 15.0. The van der Waals surface area contributed by atoms with E-state index in [0.29, 0.717) is 25.3 Å². The Kier molecular flexibility index (Phi) is 8.46. The Labute approximate surface area is 182 Å². The van der Waals surface area contributed by atoms with Gasteiger partial charge in [-0.1, -0.05) is 12.1 Å². The smallest absolute Gasteiger partial charge is 0.274 e. The zero-order valence-corrected chi connectivity index (χ0v) is 18.1. The highest BCUT2D eigenvalue weighted by Crippen LogP contribution is 2.05. The van der Waals surface area contributed by atoms with Crippen LogP contribution in [-0.4, -0.2) is 59.4 Å². The molecule has 0 saturated carbocycles. The molecule has 166 valence electrons. The van der Waals surface area contributed by atoms with Crippen LogP contribution in [0.1, 0.15) is 47.4 Å². The van der Waals surface area contributed by atoms with E-state index in [1.165, 1.54) is 42.5 Å². The minimum Gasteiger partial charge on any atom is -0.352 e. The molecule has 0 atom stereocenters. The third-order valence-electron chi connectivity index (χ3n) is 5.59. The molecule has 1 fully saturated rings. The maximum atomic E-state index is 13.0. The number of amides is 2. The standard InChI is InChI=1S/C23H30FN5O2/c1-18-15-26-21(17-25-18)23(31)29(14-13-28-10-3-2-4-11-28)12-9-22(30)27-16-19-5-7-20(24)8-6-19/h5-8,15,17H,2-4,9-14,16H2,1H3,(H,27,30)/p+1. The van der Waals surface area contributed by atoms with Gasteiger partial charge in [-0.2, -0.15) is 0 Å². The summed E-state index contributed by atoms with van der Waals surface area (Å²) < 4.78 is 13.0. The van der Waals surface area contributed by atoms with Crippen LogP contribution in [0.5, 0.6) is 0 Å². The minimum atomic E-state index is -0.306. The lowest BCUT2D eigenvalue weighted by molar-refractivity contribution is -0.904. The summed E-state index contributed by atoms with van der Waals surface area (Å²) >= 11 is 0. The average Bonchev–Trinajstić information content (AvgIpc) is 2.79. The van der Waals surface area contributed by atoms with E-state index in [1.807, 2.05) is 6.92 Å². The van der Waals surface area contributed by atoms with Crippen LogP contribution in [0.3, 0.4) is 0 Å². The highest BCUT2D eigenvalue weighted by atomic mass is 19.1. The fourth-order valence-corrected chi connectivity index (χ4v) is 3.70. The Morgan fingerprint density at radius 1 is 1.06 bits per heavy atom. The van der Waals surface area contributed by atoms with Gasteiger partial charge >= 0.3 is 0 Å². The van der Waals surface area contributed by atoms with E-state index in [2.05, 4.69) is 15.3 Å². The normalized spacial score (nSPS) is 14.3. The first-order valence-electron chi connectivity index (χ1n) is 10.9. The molecule has 2 aromatic rings. The molecule has 2 heterocycles. The average molecular weight is 429 g/mol. The molecule has 1 aromatic carbocycles. The number of aromatic nitrogens is 2. The van der Waals surface area contributed by atoms with Crippen LogP contribution in [0.25, 0.3) is 0 Å². The number of piperidine rings is 1. The van der Waals surface area contributed by atoms with E-state index in [9.17, 15) is 14.0 Å². The fraction of sp³-hybridized carbons (Fsp3) is 0.478. The van der Waals surface area contributed by atoms with Crippen LogP contribution in [0, 0.1) is 12.7 Å². The lowest BCUT2D eigenvalue weighted by atomic mass is 10.1. The number of hydrogen-bond acceptors (Lipinski definition) is 4. The number of carbonyl (C=O) groups is 2. The van der Waals surface area contributed by atoms with E-state index >= 15 is 0 Å². The third kappa shape index (κ3) is 7.40. The van der Waals surface area contributed by atoms with Crippen molar-refractivity contribution in [1.82, 2.24) is 20.2 Å². The zero-order valence-electron chi connectivity index (χ0n) is 18.1. The largest absolute Gasteiger partial charge is 0.352 e. The van der Waals surface area contributed by atoms with Gasteiger partial charge in [0, 0.05) is 25.7 Å². The van der Waals surface area contributed by atoms with Gasteiger partial charge < -0.3 is 15.1 Å². The molecule has 0 radical (unpaired) electrons. The monoisotopic (exact) mass is 428 g/mol. The van der Waals surface area contributed by atoms with E-state index in [1.54, 1.807) is 23.2 Å². The second-order valence-corrected chi connectivity index (χ2v) is 8.05. The number of halogens is 1. The molecule has 1 saturated heterocycles. The molecule has 0 unspecified atom stereocenters. The van der Waals surface area contributed by atoms with Crippen molar-refractivity contribution in [3.63, 3.8) is 0 Å². The molecule has 1 aliphatic heterocycles. The van der Waals surface area contributed by atoms with Gasteiger partial charge in [-0.3, -0.25) is 14.6 Å². The first kappa shape index (κ1) is 22.8. The first-order valence-corrected chi connectivity index (χ1v) is 10.9. The van der Waals surface area contributed by atoms with Crippen LogP contribution in [0.4, 0.5) is 4.39 Å². The molecule has 0 aliphatic carbocycles. The molecular weight excluding hydrogens is 397 g/mol. The van der Waals surface area contributed by atoms with Gasteiger partial charge in [0.2, 0.25) is 5.91 Å². The highest BCUT2D eigenvalue weighted by Gasteiger charge is 2.21. The molecule has 8 heteroatoms. The van der Waals surface area contributed by atoms with Crippen LogP contribution in [0.2, 0.25) is 0 Å². The Morgan fingerprint density at radius 3 is 2.48 bits per heavy atom. The fourth-order valence-electron chi connectivity index (χ4n) is 3.70. The summed E-state index contributed by atoms with van der Waals surface area (Å²) in [6.45, 7) is 6.17. The van der Waals surface area contributed by atoms with Crippen molar-refractivity contribution in [3.05, 3.63) is 59.4 Å². The van der Waals surface area contributed by atoms with Crippen molar-refractivity contribution in [1.29, 1.82) is 0 Å². The number of hydrogen-bond donors (Lipinski definition) is 2. The number of nitrogens with zero attached hydrogens (tertiary/aromatic N) is 3. The van der Waals surface area contributed by atoms with Gasteiger partial charge in [0.15, 0.2) is 0 Å². The topological polar surface area (TPSA) is 79.6 Å². The van der Waals surface area contributed by atoms with Crippen molar-refractivity contribution < 1.29 is 18.9 Å². The molecule has 0 spiro atoms. The number of benzene rings is 1. The molecular formula is C23H31FN5O2+. The predicted octanol–water partition coefficient (Wildman–Crippen LogP) is 1.14. The van der Waals surface area contributed by atoms with E-state index in [0.717, 1.165) is 30.9 Å². The van der Waals surface area contributed by atoms with Crippen LogP contribution < -0.4 is 10.2 Å². The predicted molar refractivity (Wildman–Crippen MR) is 115 cm³/mol. The molecule has 2 N–H and O–H groups in total. The summed E-state index contributed by atoms with van der Waals surface area (Å²) in [5, 5.41) is 2.83. The van der Waals surface area contributed by atoms with Crippen molar-refractivity contribution >= 4 is 11.8 Å². The lowest BCUT2D eigenvalue weighted by Gasteiger charge is -2.27. The Balaban J connectivity index is 1.55. The van der Waals surface area contributed by atoms with Gasteiger partial charge in [-0.25, -0.2) is 9.37 Å².